The van der Waals surface area contributed by atoms with Gasteiger partial charge < -0.3 is 5.32 Å². The molecule has 2 aromatic rings. The van der Waals surface area contributed by atoms with Crippen molar-refractivity contribution in [3.05, 3.63) is 51.5 Å². The van der Waals surface area contributed by atoms with Crippen LogP contribution in [0.15, 0.2) is 29.6 Å². The van der Waals surface area contributed by atoms with Gasteiger partial charge in [-0.05, 0) is 24.5 Å². The quantitative estimate of drug-likeness (QED) is 0.932. The minimum absolute atomic E-state index is 0.0723. The molecular weight excluding hydrogens is 256 g/mol. The number of rotatable bonds is 3. The first-order valence-corrected chi connectivity index (χ1v) is 7.34. The van der Waals surface area contributed by atoms with Crippen molar-refractivity contribution < 1.29 is 4.79 Å². The highest BCUT2D eigenvalue weighted by atomic mass is 32.1. The number of aromatic nitrogens is 1. The monoisotopic (exact) mass is 272 g/mol. The first kappa shape index (κ1) is 12.5. The molecule has 0 saturated heterocycles. The molecular formula is C15H16N2OS. The average molecular weight is 272 g/mol. The van der Waals surface area contributed by atoms with E-state index >= 15 is 0 Å². The van der Waals surface area contributed by atoms with Gasteiger partial charge in [0.1, 0.15) is 0 Å². The van der Waals surface area contributed by atoms with E-state index < -0.39 is 0 Å². The van der Waals surface area contributed by atoms with E-state index in [0.717, 1.165) is 23.7 Å². The molecule has 4 heteroatoms. The summed E-state index contributed by atoms with van der Waals surface area (Å²) in [5.41, 5.74) is 3.48. The summed E-state index contributed by atoms with van der Waals surface area (Å²) in [6.07, 6.45) is 1.22. The van der Waals surface area contributed by atoms with E-state index in [9.17, 15) is 4.79 Å². The van der Waals surface area contributed by atoms with Gasteiger partial charge in [0.25, 0.3) is 0 Å². The van der Waals surface area contributed by atoms with Crippen molar-refractivity contribution in [2.45, 2.75) is 32.4 Å². The predicted molar refractivity (Wildman–Crippen MR) is 76.3 cm³/mol. The fraction of sp³-hybridized carbons (Fsp3) is 0.333. The summed E-state index contributed by atoms with van der Waals surface area (Å²) in [6, 6.07) is 8.24. The minimum Gasteiger partial charge on any atom is -0.303 e. The zero-order valence-corrected chi connectivity index (χ0v) is 11.7. The SMILES string of the molecule is Cc1nc(CC(=O)C2Cc3ccccc3CN2)cs1. The molecule has 1 atom stereocenters. The van der Waals surface area contributed by atoms with Gasteiger partial charge in [0.15, 0.2) is 5.78 Å². The lowest BCUT2D eigenvalue weighted by Crippen LogP contribution is -2.42. The van der Waals surface area contributed by atoms with Crippen molar-refractivity contribution in [2.75, 3.05) is 0 Å². The third-order valence-electron chi connectivity index (χ3n) is 3.49. The molecule has 3 nitrogen and oxygen atoms in total. The second kappa shape index (κ2) is 5.23. The average Bonchev–Trinajstić information content (AvgIpc) is 2.83. The maximum absolute atomic E-state index is 12.3. The molecule has 3 rings (SSSR count). The van der Waals surface area contributed by atoms with Gasteiger partial charge in [0.2, 0.25) is 0 Å². The molecule has 2 heterocycles. The Kier molecular flexibility index (Phi) is 3.44. The number of carbonyl (C=O) groups is 1. The molecule has 0 fully saturated rings. The van der Waals surface area contributed by atoms with Gasteiger partial charge in [-0.15, -0.1) is 11.3 Å². The number of benzene rings is 1. The van der Waals surface area contributed by atoms with Crippen LogP contribution in [0, 0.1) is 6.92 Å². The van der Waals surface area contributed by atoms with Gasteiger partial charge in [-0.3, -0.25) is 4.79 Å². The van der Waals surface area contributed by atoms with Crippen molar-refractivity contribution in [1.29, 1.82) is 0 Å². The standard InChI is InChI=1S/C15H16N2OS/c1-10-17-13(9-19-10)7-15(18)14-6-11-4-2-3-5-12(11)8-16-14/h2-5,9,14,16H,6-8H2,1H3. The van der Waals surface area contributed by atoms with Crippen LogP contribution in [-0.4, -0.2) is 16.8 Å². The Morgan fingerprint density at radius 3 is 2.95 bits per heavy atom. The van der Waals surface area contributed by atoms with E-state index in [1.165, 1.54) is 11.1 Å². The van der Waals surface area contributed by atoms with E-state index in [4.69, 9.17) is 0 Å². The summed E-state index contributed by atoms with van der Waals surface area (Å²) >= 11 is 1.60. The van der Waals surface area contributed by atoms with E-state index in [1.807, 2.05) is 24.4 Å². The van der Waals surface area contributed by atoms with Crippen molar-refractivity contribution in [3.8, 4) is 0 Å². The highest BCUT2D eigenvalue weighted by molar-refractivity contribution is 7.09. The van der Waals surface area contributed by atoms with Crippen LogP contribution in [0.5, 0.6) is 0 Å². The van der Waals surface area contributed by atoms with Crippen molar-refractivity contribution in [3.63, 3.8) is 0 Å². The van der Waals surface area contributed by atoms with Crippen LogP contribution in [0.25, 0.3) is 0 Å². The molecule has 0 aliphatic carbocycles. The molecule has 1 aliphatic rings. The summed E-state index contributed by atoms with van der Waals surface area (Å²) in [6.45, 7) is 2.75. The van der Waals surface area contributed by atoms with Crippen LogP contribution in [0.4, 0.5) is 0 Å². The second-order valence-corrected chi connectivity index (χ2v) is 5.97. The second-order valence-electron chi connectivity index (χ2n) is 4.91. The first-order valence-electron chi connectivity index (χ1n) is 6.46. The highest BCUT2D eigenvalue weighted by Crippen LogP contribution is 2.18. The lowest BCUT2D eigenvalue weighted by Gasteiger charge is -2.24. The maximum Gasteiger partial charge on any atom is 0.156 e. The number of hydrogen-bond donors (Lipinski definition) is 1. The Labute approximate surface area is 116 Å². The van der Waals surface area contributed by atoms with Gasteiger partial charge in [0.05, 0.1) is 23.2 Å². The summed E-state index contributed by atoms with van der Waals surface area (Å²) < 4.78 is 0. The van der Waals surface area contributed by atoms with Gasteiger partial charge in [-0.1, -0.05) is 24.3 Å². The number of nitrogens with one attached hydrogen (secondary N) is 1. The van der Waals surface area contributed by atoms with E-state index in [1.54, 1.807) is 11.3 Å². The van der Waals surface area contributed by atoms with Crippen LogP contribution in [0.2, 0.25) is 0 Å². The molecule has 0 bridgehead atoms. The van der Waals surface area contributed by atoms with Gasteiger partial charge in [-0.2, -0.15) is 0 Å². The van der Waals surface area contributed by atoms with Gasteiger partial charge >= 0.3 is 0 Å². The molecule has 0 radical (unpaired) electrons. The predicted octanol–water partition coefficient (Wildman–Crippen LogP) is 2.28. The fourth-order valence-electron chi connectivity index (χ4n) is 2.47. The smallest absolute Gasteiger partial charge is 0.156 e. The molecule has 1 unspecified atom stereocenters. The molecule has 19 heavy (non-hydrogen) atoms. The molecule has 1 N–H and O–H groups in total. The first-order chi connectivity index (χ1) is 9.22. The summed E-state index contributed by atoms with van der Waals surface area (Å²) in [7, 11) is 0. The number of nitrogens with zero attached hydrogens (tertiary/aromatic N) is 1. The Morgan fingerprint density at radius 1 is 1.42 bits per heavy atom. The number of fused-ring (bicyclic) bond motifs is 1. The molecule has 0 amide bonds. The maximum atomic E-state index is 12.3. The number of hydrogen-bond acceptors (Lipinski definition) is 4. The van der Waals surface area contributed by atoms with Gasteiger partial charge in [0, 0.05) is 11.9 Å². The lowest BCUT2D eigenvalue weighted by atomic mass is 9.92. The third kappa shape index (κ3) is 2.74. The lowest BCUT2D eigenvalue weighted by molar-refractivity contribution is -0.120. The molecule has 1 aromatic carbocycles. The Bertz CT molecular complexity index is 606. The Balaban J connectivity index is 1.69. The fourth-order valence-corrected chi connectivity index (χ4v) is 3.09. The molecule has 1 aromatic heterocycles. The third-order valence-corrected chi connectivity index (χ3v) is 4.31. The van der Waals surface area contributed by atoms with E-state index in [0.29, 0.717) is 6.42 Å². The van der Waals surface area contributed by atoms with E-state index in [2.05, 4.69) is 22.4 Å². The normalized spacial score (nSPS) is 18.1. The topological polar surface area (TPSA) is 42.0 Å². The Hall–Kier alpha value is -1.52. The molecule has 1 aliphatic heterocycles. The van der Waals surface area contributed by atoms with Crippen molar-refractivity contribution in [1.82, 2.24) is 10.3 Å². The highest BCUT2D eigenvalue weighted by Gasteiger charge is 2.24. The van der Waals surface area contributed by atoms with E-state index in [-0.39, 0.29) is 11.8 Å². The molecule has 0 spiro atoms. The van der Waals surface area contributed by atoms with Gasteiger partial charge in [-0.25, -0.2) is 4.98 Å². The van der Waals surface area contributed by atoms with Crippen LogP contribution in [-0.2, 0) is 24.2 Å². The van der Waals surface area contributed by atoms with Crippen LogP contribution < -0.4 is 5.32 Å². The number of carbonyl (C=O) groups excluding carboxylic acids is 1. The number of Topliss-reactive ketones (excluding diaryl/α,β-unsaturated/α-hetero) is 1. The summed E-state index contributed by atoms with van der Waals surface area (Å²) in [5.74, 6) is 0.236. The van der Waals surface area contributed by atoms with Crippen LogP contribution in [0.1, 0.15) is 21.8 Å². The number of ketones is 1. The number of thiazole rings is 1. The molecule has 98 valence electrons. The Morgan fingerprint density at radius 2 is 2.21 bits per heavy atom. The summed E-state index contributed by atoms with van der Waals surface area (Å²) in [4.78, 5) is 16.6. The number of aryl methyl sites for hydroxylation is 1. The van der Waals surface area contributed by atoms with Crippen molar-refractivity contribution in [2.24, 2.45) is 0 Å². The van der Waals surface area contributed by atoms with Crippen LogP contribution in [0.3, 0.4) is 0 Å². The summed E-state index contributed by atoms with van der Waals surface area (Å²) in [5, 5.41) is 6.32. The zero-order valence-electron chi connectivity index (χ0n) is 10.8. The largest absolute Gasteiger partial charge is 0.303 e. The van der Waals surface area contributed by atoms with Crippen molar-refractivity contribution >= 4 is 17.1 Å². The zero-order chi connectivity index (χ0) is 13.2. The minimum atomic E-state index is -0.0723. The molecule has 0 saturated carbocycles. The van der Waals surface area contributed by atoms with Crippen LogP contribution >= 0.6 is 11.3 Å².